The molecule has 1 aliphatic carbocycles. The Bertz CT molecular complexity index is 248. The number of hydrogen-bond donors (Lipinski definition) is 0. The van der Waals surface area contributed by atoms with Crippen molar-refractivity contribution in [2.45, 2.75) is 53.4 Å². The Labute approximate surface area is 87.6 Å². The number of Topliss-reactive ketones (excluding diaryl/α,β-unsaturated/α-hetero) is 1. The molecule has 0 saturated carbocycles. The summed E-state index contributed by atoms with van der Waals surface area (Å²) in [4.78, 5) is 11.7. The molecule has 0 amide bonds. The average molecular weight is 194 g/mol. The molecule has 0 N–H and O–H groups in total. The average Bonchev–Trinajstić information content (AvgIpc) is 2.17. The fraction of sp³-hybridized carbons (Fsp3) is 0.769. The minimum absolute atomic E-state index is 0.368. The second kappa shape index (κ2) is 4.77. The van der Waals surface area contributed by atoms with Crippen LogP contribution in [0.2, 0.25) is 0 Å². The van der Waals surface area contributed by atoms with E-state index in [1.165, 1.54) is 12.0 Å². The lowest BCUT2D eigenvalue weighted by Crippen LogP contribution is -2.18. The summed E-state index contributed by atoms with van der Waals surface area (Å²) in [6.07, 6.45) is 4.08. The van der Waals surface area contributed by atoms with Crippen molar-refractivity contribution in [1.29, 1.82) is 0 Å². The van der Waals surface area contributed by atoms with Crippen molar-refractivity contribution in [3.8, 4) is 0 Å². The first kappa shape index (κ1) is 11.5. The molecule has 0 aromatic heterocycles. The number of ketones is 1. The van der Waals surface area contributed by atoms with Gasteiger partial charge in [0, 0.05) is 6.42 Å². The Morgan fingerprint density at radius 1 is 1.50 bits per heavy atom. The van der Waals surface area contributed by atoms with E-state index in [4.69, 9.17) is 0 Å². The van der Waals surface area contributed by atoms with Crippen LogP contribution >= 0.6 is 0 Å². The Morgan fingerprint density at radius 2 is 2.14 bits per heavy atom. The lowest BCUT2D eigenvalue weighted by atomic mass is 9.77. The van der Waals surface area contributed by atoms with Crippen molar-refractivity contribution in [2.24, 2.45) is 11.8 Å². The Hall–Kier alpha value is -0.590. The lowest BCUT2D eigenvalue weighted by molar-refractivity contribution is -0.115. The molecule has 0 radical (unpaired) electrons. The zero-order valence-electron chi connectivity index (χ0n) is 9.89. The quantitative estimate of drug-likeness (QED) is 0.669. The van der Waals surface area contributed by atoms with Crippen molar-refractivity contribution >= 4 is 5.78 Å². The van der Waals surface area contributed by atoms with E-state index in [1.807, 2.05) is 6.92 Å². The zero-order chi connectivity index (χ0) is 10.7. The van der Waals surface area contributed by atoms with Gasteiger partial charge in [-0.1, -0.05) is 26.3 Å². The van der Waals surface area contributed by atoms with Crippen LogP contribution in [0, 0.1) is 11.8 Å². The van der Waals surface area contributed by atoms with Crippen LogP contribution < -0.4 is 0 Å². The van der Waals surface area contributed by atoms with Gasteiger partial charge in [-0.2, -0.15) is 0 Å². The summed E-state index contributed by atoms with van der Waals surface area (Å²) >= 11 is 0. The molecule has 0 fully saturated rings. The van der Waals surface area contributed by atoms with Gasteiger partial charge in [-0.15, -0.1) is 0 Å². The van der Waals surface area contributed by atoms with Crippen LogP contribution in [0.1, 0.15) is 53.4 Å². The first-order valence-electron chi connectivity index (χ1n) is 5.78. The molecule has 0 aromatic carbocycles. The largest absolute Gasteiger partial charge is 0.295 e. The fourth-order valence-corrected chi connectivity index (χ4v) is 2.23. The van der Waals surface area contributed by atoms with E-state index in [0.29, 0.717) is 18.1 Å². The van der Waals surface area contributed by atoms with E-state index in [-0.39, 0.29) is 0 Å². The molecular weight excluding hydrogens is 172 g/mol. The Balaban J connectivity index is 2.76. The molecule has 1 aliphatic rings. The zero-order valence-corrected chi connectivity index (χ0v) is 9.89. The van der Waals surface area contributed by atoms with Crippen LogP contribution in [0.15, 0.2) is 11.1 Å². The number of hydrogen-bond acceptors (Lipinski definition) is 1. The van der Waals surface area contributed by atoms with Gasteiger partial charge < -0.3 is 0 Å². The molecule has 0 bridgehead atoms. The molecular formula is C13H22O. The molecule has 1 unspecified atom stereocenters. The maximum atomic E-state index is 11.7. The molecule has 1 rings (SSSR count). The lowest BCUT2D eigenvalue weighted by Gasteiger charge is -2.28. The molecule has 0 heterocycles. The first-order chi connectivity index (χ1) is 6.56. The maximum Gasteiger partial charge on any atom is 0.158 e. The van der Waals surface area contributed by atoms with Gasteiger partial charge in [-0.05, 0) is 43.6 Å². The number of carbonyl (C=O) groups is 1. The van der Waals surface area contributed by atoms with Gasteiger partial charge in [0.2, 0.25) is 0 Å². The predicted molar refractivity (Wildman–Crippen MR) is 60.2 cm³/mol. The smallest absolute Gasteiger partial charge is 0.158 e. The second-order valence-corrected chi connectivity index (χ2v) is 4.78. The maximum absolute atomic E-state index is 11.7. The molecule has 1 heteroatoms. The predicted octanol–water partition coefficient (Wildman–Crippen LogP) is 3.74. The van der Waals surface area contributed by atoms with Gasteiger partial charge in [0.25, 0.3) is 0 Å². The number of carbonyl (C=O) groups excluding carboxylic acids is 1. The van der Waals surface area contributed by atoms with Crippen molar-refractivity contribution < 1.29 is 4.79 Å². The van der Waals surface area contributed by atoms with E-state index in [1.54, 1.807) is 0 Å². The molecule has 1 nitrogen and oxygen atoms in total. The molecule has 0 aromatic rings. The molecule has 1 atom stereocenters. The van der Waals surface area contributed by atoms with E-state index < -0.39 is 0 Å². The van der Waals surface area contributed by atoms with E-state index in [2.05, 4.69) is 20.8 Å². The minimum Gasteiger partial charge on any atom is -0.295 e. The van der Waals surface area contributed by atoms with Gasteiger partial charge in [0.05, 0.1) is 0 Å². The second-order valence-electron chi connectivity index (χ2n) is 4.78. The molecule has 0 aliphatic heterocycles. The summed E-state index contributed by atoms with van der Waals surface area (Å²) in [6.45, 7) is 8.61. The highest BCUT2D eigenvalue weighted by molar-refractivity contribution is 5.95. The van der Waals surface area contributed by atoms with Gasteiger partial charge in [0.15, 0.2) is 5.78 Å². The van der Waals surface area contributed by atoms with Crippen LogP contribution in [-0.4, -0.2) is 5.78 Å². The summed E-state index contributed by atoms with van der Waals surface area (Å²) in [5.74, 6) is 1.81. The first-order valence-corrected chi connectivity index (χ1v) is 5.78. The Kier molecular flexibility index (Phi) is 3.91. The van der Waals surface area contributed by atoms with Crippen molar-refractivity contribution in [1.82, 2.24) is 0 Å². The third-order valence-corrected chi connectivity index (χ3v) is 3.47. The highest BCUT2D eigenvalue weighted by Crippen LogP contribution is 2.34. The Morgan fingerprint density at radius 3 is 2.64 bits per heavy atom. The summed E-state index contributed by atoms with van der Waals surface area (Å²) in [5, 5.41) is 0. The minimum atomic E-state index is 0.368. The van der Waals surface area contributed by atoms with Crippen LogP contribution in [0.3, 0.4) is 0 Å². The third-order valence-electron chi connectivity index (χ3n) is 3.47. The van der Waals surface area contributed by atoms with E-state index in [0.717, 1.165) is 24.3 Å². The van der Waals surface area contributed by atoms with Gasteiger partial charge in [0.1, 0.15) is 0 Å². The normalized spacial score (nSPS) is 23.1. The number of rotatable bonds is 3. The summed E-state index contributed by atoms with van der Waals surface area (Å²) in [7, 11) is 0. The topological polar surface area (TPSA) is 17.1 Å². The van der Waals surface area contributed by atoms with E-state index in [9.17, 15) is 4.79 Å². The fourth-order valence-electron chi connectivity index (χ4n) is 2.23. The molecule has 80 valence electrons. The van der Waals surface area contributed by atoms with Gasteiger partial charge in [-0.25, -0.2) is 0 Å². The van der Waals surface area contributed by atoms with Gasteiger partial charge >= 0.3 is 0 Å². The molecule has 14 heavy (non-hydrogen) atoms. The highest BCUT2D eigenvalue weighted by Gasteiger charge is 2.24. The molecule has 0 spiro atoms. The summed E-state index contributed by atoms with van der Waals surface area (Å²) in [5.41, 5.74) is 2.48. The summed E-state index contributed by atoms with van der Waals surface area (Å²) < 4.78 is 0. The van der Waals surface area contributed by atoms with Crippen LogP contribution in [0.4, 0.5) is 0 Å². The third kappa shape index (κ3) is 2.46. The van der Waals surface area contributed by atoms with Gasteiger partial charge in [-0.3, -0.25) is 4.79 Å². The van der Waals surface area contributed by atoms with Crippen LogP contribution in [0.25, 0.3) is 0 Å². The SMILES string of the molecule is CCC(=O)C1=C(C)CCC(C(C)C)C1. The summed E-state index contributed by atoms with van der Waals surface area (Å²) in [6, 6.07) is 0. The van der Waals surface area contributed by atoms with Crippen LogP contribution in [-0.2, 0) is 4.79 Å². The van der Waals surface area contributed by atoms with Crippen LogP contribution in [0.5, 0.6) is 0 Å². The highest BCUT2D eigenvalue weighted by atomic mass is 16.1. The van der Waals surface area contributed by atoms with Crippen molar-refractivity contribution in [3.63, 3.8) is 0 Å². The van der Waals surface area contributed by atoms with Crippen molar-refractivity contribution in [3.05, 3.63) is 11.1 Å². The number of allylic oxidation sites excluding steroid dienone is 2. The standard InChI is InChI=1S/C13H22O/c1-5-13(14)12-8-11(9(2)3)7-6-10(12)4/h9,11H,5-8H2,1-4H3. The molecule has 0 saturated heterocycles. The van der Waals surface area contributed by atoms with E-state index >= 15 is 0 Å². The monoisotopic (exact) mass is 194 g/mol. The van der Waals surface area contributed by atoms with Crippen molar-refractivity contribution in [2.75, 3.05) is 0 Å².